The molecular formula is C24H31N3O5S. The molecule has 8 nitrogen and oxygen atoms in total. The standard InChI is InChI=1S/C24H31N3O5S/c1-7-26(13-17-8-9-19(30-5)20(10-17)31-6)22(28)14-32-24(29)21-11-18-16(4)25-27(12-15(2)3)23(18)33-21/h8-11,15H,7,12-14H2,1-6H3. The Labute approximate surface area is 198 Å². The van der Waals surface area contributed by atoms with Crippen molar-refractivity contribution in [1.82, 2.24) is 14.7 Å². The maximum atomic E-state index is 12.7. The lowest BCUT2D eigenvalue weighted by Crippen LogP contribution is -2.34. The number of rotatable bonds is 10. The zero-order chi connectivity index (χ0) is 24.1. The van der Waals surface area contributed by atoms with E-state index in [2.05, 4.69) is 18.9 Å². The van der Waals surface area contributed by atoms with Crippen molar-refractivity contribution in [2.24, 2.45) is 5.92 Å². The molecule has 0 aliphatic heterocycles. The van der Waals surface area contributed by atoms with Gasteiger partial charge in [-0.05, 0) is 43.5 Å². The highest BCUT2D eigenvalue weighted by molar-refractivity contribution is 7.20. The number of fused-ring (bicyclic) bond motifs is 1. The van der Waals surface area contributed by atoms with Gasteiger partial charge in [0.1, 0.15) is 9.71 Å². The quantitative estimate of drug-likeness (QED) is 0.409. The van der Waals surface area contributed by atoms with Crippen molar-refractivity contribution in [3.05, 3.63) is 40.4 Å². The SMILES string of the molecule is CCN(Cc1ccc(OC)c(OC)c1)C(=O)COC(=O)c1cc2c(C)nn(CC(C)C)c2s1. The fraction of sp³-hybridized carbons (Fsp3) is 0.458. The monoisotopic (exact) mass is 473 g/mol. The number of ether oxygens (including phenoxy) is 3. The largest absolute Gasteiger partial charge is 0.493 e. The van der Waals surface area contributed by atoms with E-state index < -0.39 is 5.97 Å². The van der Waals surface area contributed by atoms with E-state index in [1.807, 2.05) is 30.7 Å². The van der Waals surface area contributed by atoms with Crippen LogP contribution < -0.4 is 9.47 Å². The molecule has 0 spiro atoms. The molecule has 0 fully saturated rings. The van der Waals surface area contributed by atoms with Crippen LogP contribution in [0.25, 0.3) is 10.2 Å². The Kier molecular flexibility index (Phi) is 7.97. The molecule has 9 heteroatoms. The number of benzene rings is 1. The maximum absolute atomic E-state index is 12.7. The van der Waals surface area contributed by atoms with E-state index in [1.54, 1.807) is 31.3 Å². The number of aryl methyl sites for hydroxylation is 1. The van der Waals surface area contributed by atoms with Crippen molar-refractivity contribution in [2.45, 2.75) is 40.8 Å². The van der Waals surface area contributed by atoms with E-state index in [9.17, 15) is 9.59 Å². The summed E-state index contributed by atoms with van der Waals surface area (Å²) in [4.78, 5) is 28.4. The van der Waals surface area contributed by atoms with Crippen LogP contribution >= 0.6 is 11.3 Å². The van der Waals surface area contributed by atoms with Gasteiger partial charge in [-0.3, -0.25) is 9.48 Å². The predicted molar refractivity (Wildman–Crippen MR) is 128 cm³/mol. The highest BCUT2D eigenvalue weighted by Gasteiger charge is 2.20. The Morgan fingerprint density at radius 2 is 1.88 bits per heavy atom. The third-order valence-corrected chi connectivity index (χ3v) is 6.36. The Morgan fingerprint density at radius 1 is 1.15 bits per heavy atom. The first-order valence-corrected chi connectivity index (χ1v) is 11.7. The normalized spacial score (nSPS) is 11.1. The van der Waals surface area contributed by atoms with E-state index in [4.69, 9.17) is 14.2 Å². The summed E-state index contributed by atoms with van der Waals surface area (Å²) in [5.74, 6) is 0.903. The van der Waals surface area contributed by atoms with Crippen LogP contribution in [-0.4, -0.2) is 53.9 Å². The third-order valence-electron chi connectivity index (χ3n) is 5.23. The van der Waals surface area contributed by atoms with Crippen molar-refractivity contribution in [3.8, 4) is 11.5 Å². The second kappa shape index (κ2) is 10.7. The Morgan fingerprint density at radius 3 is 2.52 bits per heavy atom. The zero-order valence-corrected chi connectivity index (χ0v) is 20.8. The smallest absolute Gasteiger partial charge is 0.348 e. The number of methoxy groups -OCH3 is 2. The topological polar surface area (TPSA) is 82.9 Å². The Bertz CT molecular complexity index is 1130. The van der Waals surface area contributed by atoms with Crippen LogP contribution in [0.15, 0.2) is 24.3 Å². The van der Waals surface area contributed by atoms with Gasteiger partial charge in [0.25, 0.3) is 5.91 Å². The van der Waals surface area contributed by atoms with Gasteiger partial charge < -0.3 is 19.1 Å². The number of likely N-dealkylation sites (N-methyl/N-ethyl adjacent to an activating group) is 1. The van der Waals surface area contributed by atoms with Crippen molar-refractivity contribution >= 4 is 33.4 Å². The fourth-order valence-electron chi connectivity index (χ4n) is 3.55. The Hall–Kier alpha value is -3.07. The Balaban J connectivity index is 1.65. The summed E-state index contributed by atoms with van der Waals surface area (Å²) in [5.41, 5.74) is 1.77. The molecule has 0 N–H and O–H groups in total. The summed E-state index contributed by atoms with van der Waals surface area (Å²) < 4.78 is 17.9. The molecule has 1 aromatic carbocycles. The van der Waals surface area contributed by atoms with Gasteiger partial charge in [0.2, 0.25) is 0 Å². The average molecular weight is 474 g/mol. The lowest BCUT2D eigenvalue weighted by molar-refractivity contribution is -0.134. The van der Waals surface area contributed by atoms with Crippen molar-refractivity contribution < 1.29 is 23.8 Å². The van der Waals surface area contributed by atoms with Gasteiger partial charge >= 0.3 is 5.97 Å². The number of thiophene rings is 1. The van der Waals surface area contributed by atoms with Gasteiger partial charge in [0, 0.05) is 25.0 Å². The molecule has 0 atom stereocenters. The first kappa shape index (κ1) is 24.6. The molecule has 3 aromatic rings. The van der Waals surface area contributed by atoms with E-state index in [0.29, 0.717) is 35.4 Å². The van der Waals surface area contributed by atoms with Gasteiger partial charge in [0.15, 0.2) is 18.1 Å². The van der Waals surface area contributed by atoms with E-state index in [-0.39, 0.29) is 12.5 Å². The number of carbonyl (C=O) groups excluding carboxylic acids is 2. The van der Waals surface area contributed by atoms with E-state index in [0.717, 1.165) is 28.0 Å². The molecule has 0 radical (unpaired) electrons. The van der Waals surface area contributed by atoms with Gasteiger partial charge in [-0.1, -0.05) is 19.9 Å². The van der Waals surface area contributed by atoms with Crippen molar-refractivity contribution in [2.75, 3.05) is 27.4 Å². The molecule has 3 rings (SSSR count). The summed E-state index contributed by atoms with van der Waals surface area (Å²) in [6, 6.07) is 7.31. The molecule has 0 bridgehead atoms. The number of carbonyl (C=O) groups is 2. The van der Waals surface area contributed by atoms with Gasteiger partial charge in [0.05, 0.1) is 19.9 Å². The van der Waals surface area contributed by atoms with E-state index >= 15 is 0 Å². The molecule has 2 aromatic heterocycles. The molecule has 0 aliphatic carbocycles. The number of hydrogen-bond acceptors (Lipinski definition) is 7. The number of nitrogens with zero attached hydrogens (tertiary/aromatic N) is 3. The van der Waals surface area contributed by atoms with Crippen LogP contribution in [0.4, 0.5) is 0 Å². The fourth-order valence-corrected chi connectivity index (χ4v) is 4.61. The van der Waals surface area contributed by atoms with Crippen LogP contribution in [0.3, 0.4) is 0 Å². The molecule has 0 unspecified atom stereocenters. The van der Waals surface area contributed by atoms with Crippen molar-refractivity contribution in [3.63, 3.8) is 0 Å². The van der Waals surface area contributed by atoms with Crippen LogP contribution in [0.1, 0.15) is 41.7 Å². The second-order valence-corrected chi connectivity index (χ2v) is 9.19. The highest BCUT2D eigenvalue weighted by atomic mass is 32.1. The lowest BCUT2D eigenvalue weighted by atomic mass is 10.2. The lowest BCUT2D eigenvalue weighted by Gasteiger charge is -2.21. The molecule has 0 saturated heterocycles. The van der Waals surface area contributed by atoms with Crippen LogP contribution in [0.2, 0.25) is 0 Å². The summed E-state index contributed by atoms with van der Waals surface area (Å²) >= 11 is 1.35. The minimum Gasteiger partial charge on any atom is -0.493 e. The number of amides is 1. The number of esters is 1. The van der Waals surface area contributed by atoms with Gasteiger partial charge in [-0.2, -0.15) is 5.10 Å². The summed E-state index contributed by atoms with van der Waals surface area (Å²) in [7, 11) is 3.14. The van der Waals surface area contributed by atoms with E-state index in [1.165, 1.54) is 11.3 Å². The minimum atomic E-state index is -0.498. The maximum Gasteiger partial charge on any atom is 0.348 e. The summed E-state index contributed by atoms with van der Waals surface area (Å²) in [6.45, 7) is 9.38. The van der Waals surface area contributed by atoms with Gasteiger partial charge in [-0.25, -0.2) is 4.79 Å². The summed E-state index contributed by atoms with van der Waals surface area (Å²) in [5, 5.41) is 5.51. The van der Waals surface area contributed by atoms with Crippen LogP contribution in [0, 0.1) is 12.8 Å². The number of hydrogen-bond donors (Lipinski definition) is 0. The third kappa shape index (κ3) is 5.65. The molecule has 0 aliphatic rings. The average Bonchev–Trinajstić information content (AvgIpc) is 3.36. The molecule has 1 amide bonds. The van der Waals surface area contributed by atoms with Crippen LogP contribution in [0.5, 0.6) is 11.5 Å². The molecule has 178 valence electrons. The molecular weight excluding hydrogens is 442 g/mol. The van der Waals surface area contributed by atoms with Crippen LogP contribution in [-0.2, 0) is 22.6 Å². The first-order chi connectivity index (χ1) is 15.8. The second-order valence-electron chi connectivity index (χ2n) is 8.16. The zero-order valence-electron chi connectivity index (χ0n) is 20.0. The van der Waals surface area contributed by atoms with Crippen molar-refractivity contribution in [1.29, 1.82) is 0 Å². The molecule has 2 heterocycles. The molecule has 33 heavy (non-hydrogen) atoms. The summed E-state index contributed by atoms with van der Waals surface area (Å²) in [6.07, 6.45) is 0. The highest BCUT2D eigenvalue weighted by Crippen LogP contribution is 2.30. The number of aromatic nitrogens is 2. The predicted octanol–water partition coefficient (Wildman–Crippen LogP) is 4.28. The minimum absolute atomic E-state index is 0.260. The first-order valence-electron chi connectivity index (χ1n) is 10.9. The molecule has 0 saturated carbocycles. The van der Waals surface area contributed by atoms with Gasteiger partial charge in [-0.15, -0.1) is 11.3 Å².